The molecule has 0 aliphatic heterocycles. The number of aromatic amines is 1. The van der Waals surface area contributed by atoms with Crippen LogP contribution in [0.3, 0.4) is 0 Å². The number of nitrogens with zero attached hydrogens (tertiary/aromatic N) is 2. The van der Waals surface area contributed by atoms with Crippen molar-refractivity contribution in [3.05, 3.63) is 252 Å². The van der Waals surface area contributed by atoms with Gasteiger partial charge in [-0.15, -0.1) is 0 Å². The van der Waals surface area contributed by atoms with Gasteiger partial charge in [-0.25, -0.2) is 0 Å². The summed E-state index contributed by atoms with van der Waals surface area (Å²) in [7, 11) is 0. The topological polar surface area (TPSA) is 130 Å². The minimum Gasteiger partial charge on any atom is -0.452 e. The van der Waals surface area contributed by atoms with Gasteiger partial charge in [0.1, 0.15) is 22.3 Å². The number of fused-ring (bicyclic) bond motifs is 23. The van der Waals surface area contributed by atoms with Gasteiger partial charge in [0.15, 0.2) is 22.3 Å². The highest BCUT2D eigenvalue weighted by Crippen LogP contribution is 2.43. The van der Waals surface area contributed by atoms with Crippen LogP contribution in [0.2, 0.25) is 0 Å². The van der Waals surface area contributed by atoms with Crippen molar-refractivity contribution in [3.8, 4) is 11.4 Å². The molecule has 0 saturated heterocycles. The molecule has 0 spiro atoms. The van der Waals surface area contributed by atoms with Crippen LogP contribution < -0.4 is 11.5 Å². The maximum atomic E-state index is 6.55. The van der Waals surface area contributed by atoms with Crippen LogP contribution in [0.15, 0.2) is 269 Å². The molecular weight excluding hydrogens is 1230 g/mol. The Hall–Kier alpha value is -9.88. The zero-order valence-corrected chi connectivity index (χ0v) is 51.2. The highest BCUT2D eigenvalue weighted by atomic mass is 79.9. The molecule has 0 radical (unpaired) electrons. The van der Waals surface area contributed by atoms with E-state index in [2.05, 4.69) is 264 Å². The maximum Gasteiger partial charge on any atom is 0.178 e. The lowest BCUT2D eigenvalue weighted by atomic mass is 9.92. The van der Waals surface area contributed by atoms with E-state index in [1.54, 1.807) is 0 Å². The van der Waals surface area contributed by atoms with Gasteiger partial charge < -0.3 is 43.3 Å². The van der Waals surface area contributed by atoms with Gasteiger partial charge in [-0.1, -0.05) is 154 Å². The van der Waals surface area contributed by atoms with Gasteiger partial charge >= 0.3 is 0 Å². The van der Waals surface area contributed by atoms with E-state index in [0.717, 1.165) is 121 Å². The molecular formula is C78H55Br2N5O4. The van der Waals surface area contributed by atoms with Crippen molar-refractivity contribution in [1.82, 2.24) is 14.1 Å². The van der Waals surface area contributed by atoms with E-state index in [-0.39, 0.29) is 12.1 Å². The van der Waals surface area contributed by atoms with Gasteiger partial charge in [0.25, 0.3) is 0 Å². The van der Waals surface area contributed by atoms with Crippen molar-refractivity contribution >= 4 is 185 Å². The third-order valence-corrected chi connectivity index (χ3v) is 19.0. The Morgan fingerprint density at radius 1 is 0.303 bits per heavy atom. The normalized spacial score (nSPS) is 14.6. The summed E-state index contributed by atoms with van der Waals surface area (Å²) in [6.45, 7) is 0. The van der Waals surface area contributed by atoms with Crippen molar-refractivity contribution in [1.29, 1.82) is 0 Å². The number of halogens is 2. The summed E-state index contributed by atoms with van der Waals surface area (Å²) in [5.74, 6) is 0. The molecule has 11 heteroatoms. The summed E-state index contributed by atoms with van der Waals surface area (Å²) in [5, 5.41) is 16.2. The molecule has 9 nitrogen and oxygen atoms in total. The number of hydrogen-bond donors (Lipinski definition) is 3. The summed E-state index contributed by atoms with van der Waals surface area (Å²) < 4.78 is 32.0. The predicted octanol–water partition coefficient (Wildman–Crippen LogP) is 22.2. The Morgan fingerprint density at radius 3 is 0.933 bits per heavy atom. The molecule has 1 fully saturated rings. The van der Waals surface area contributed by atoms with Crippen LogP contribution in [0.25, 0.3) is 165 Å². The average molecular weight is 1290 g/mol. The second-order valence-electron chi connectivity index (χ2n) is 23.3. The Morgan fingerprint density at radius 2 is 0.596 bits per heavy atom. The molecule has 430 valence electrons. The zero-order valence-electron chi connectivity index (χ0n) is 48.0. The van der Waals surface area contributed by atoms with E-state index in [9.17, 15) is 0 Å². The number of para-hydroxylation sites is 6. The first-order valence-electron chi connectivity index (χ1n) is 30.2. The van der Waals surface area contributed by atoms with Crippen LogP contribution in [0.1, 0.15) is 25.7 Å². The molecule has 0 amide bonds. The summed E-state index contributed by atoms with van der Waals surface area (Å²) in [5.41, 5.74) is 27.3. The average Bonchev–Trinajstić information content (AvgIpc) is 1.63. The molecule has 19 aromatic rings. The number of rotatable bonds is 2. The standard InChI is InChI=1S/C42H24N2O2.C18H8Br2O2.C12H9N.C6H14N2/c1-5-13-35-27(9-1)28-10-2-6-14-36(28)43(35)25-17-21-39-33(23-25)31-19-20-32-34-24-26(18-22-40(34)46-42(32)41(31)45-39)44-37-15-7-3-11-29(37)30-12-4-8-16-38(30)44;19-9-1-5-15-13(7-9)11-3-4-12-14-8-10(20)2-6-16(14)22-18(12)17(11)21-15;1-3-7-11-9(5-1)10-6-2-4-8-12(10)13-11;7-5-3-1-2-4-6(5)8/h1-24H;1-8H;1-8,13H;5-6H,1-4,7-8H2/t;;;5-,6-/m...1/s1. The molecule has 12 aromatic carbocycles. The van der Waals surface area contributed by atoms with Gasteiger partial charge in [-0.3, -0.25) is 0 Å². The van der Waals surface area contributed by atoms with E-state index < -0.39 is 0 Å². The zero-order chi connectivity index (χ0) is 59.4. The van der Waals surface area contributed by atoms with E-state index >= 15 is 0 Å². The first-order chi connectivity index (χ1) is 43.8. The van der Waals surface area contributed by atoms with E-state index in [0.29, 0.717) is 0 Å². The molecule has 20 rings (SSSR count). The quantitative estimate of drug-likeness (QED) is 0.158. The van der Waals surface area contributed by atoms with Gasteiger partial charge in [-0.05, 0) is 146 Å². The van der Waals surface area contributed by atoms with Crippen molar-refractivity contribution in [2.24, 2.45) is 11.5 Å². The molecule has 1 aliphatic rings. The lowest BCUT2D eigenvalue weighted by Gasteiger charge is -2.24. The van der Waals surface area contributed by atoms with Crippen molar-refractivity contribution < 1.29 is 17.7 Å². The molecule has 1 aliphatic carbocycles. The SMILES string of the molecule is Brc1ccc2oc3c(ccc4c5cc(Br)ccc5oc43)c2c1.N[C@@H]1CCCC[C@H]1N.c1ccc2c(c1)[nH]c1ccccc12.c1ccc2c(c1)c1ccccc1n2-c1ccc2oc3c(ccc4c5cc(-n6c7ccccc7c7ccccc76)ccc5oc43)c2c1. The molecule has 2 atom stereocenters. The number of H-pyrrole nitrogens is 1. The number of hydrogen-bond acceptors (Lipinski definition) is 6. The van der Waals surface area contributed by atoms with Crippen LogP contribution in [0.4, 0.5) is 0 Å². The van der Waals surface area contributed by atoms with Crippen LogP contribution in [-0.2, 0) is 0 Å². The van der Waals surface area contributed by atoms with E-state index in [1.165, 1.54) is 78.3 Å². The first-order valence-corrected chi connectivity index (χ1v) is 31.7. The summed E-state index contributed by atoms with van der Waals surface area (Å²) in [6, 6.07) is 85.3. The van der Waals surface area contributed by atoms with E-state index in [4.69, 9.17) is 29.1 Å². The summed E-state index contributed by atoms with van der Waals surface area (Å²) in [6.07, 6.45) is 4.80. The maximum absolute atomic E-state index is 6.55. The number of aromatic nitrogens is 3. The third kappa shape index (κ3) is 8.93. The lowest BCUT2D eigenvalue weighted by molar-refractivity contribution is 0.385. The Balaban J connectivity index is 0.000000116. The van der Waals surface area contributed by atoms with Crippen LogP contribution in [-0.4, -0.2) is 26.2 Å². The van der Waals surface area contributed by atoms with Crippen LogP contribution in [0.5, 0.6) is 0 Å². The monoisotopic (exact) mass is 1280 g/mol. The summed E-state index contributed by atoms with van der Waals surface area (Å²) in [4.78, 5) is 3.38. The highest BCUT2D eigenvalue weighted by molar-refractivity contribution is 9.10. The predicted molar refractivity (Wildman–Crippen MR) is 376 cm³/mol. The van der Waals surface area contributed by atoms with E-state index in [1.807, 2.05) is 24.3 Å². The number of nitrogens with two attached hydrogens (primary N) is 2. The molecule has 0 bridgehead atoms. The number of nitrogens with one attached hydrogen (secondary N) is 1. The molecule has 89 heavy (non-hydrogen) atoms. The van der Waals surface area contributed by atoms with Crippen LogP contribution >= 0.6 is 31.9 Å². The second-order valence-corrected chi connectivity index (χ2v) is 25.1. The molecule has 5 N–H and O–H groups in total. The second kappa shape index (κ2) is 21.5. The molecule has 7 heterocycles. The molecule has 0 unspecified atom stereocenters. The number of furan rings is 4. The third-order valence-electron chi connectivity index (χ3n) is 18.0. The highest BCUT2D eigenvalue weighted by Gasteiger charge is 2.22. The first kappa shape index (κ1) is 53.4. The fourth-order valence-electron chi connectivity index (χ4n) is 13.7. The van der Waals surface area contributed by atoms with Crippen molar-refractivity contribution in [2.45, 2.75) is 37.8 Å². The minimum absolute atomic E-state index is 0.281. The molecule has 1 saturated carbocycles. The lowest BCUT2D eigenvalue weighted by Crippen LogP contribution is -2.43. The number of benzene rings is 12. The Kier molecular flexibility index (Phi) is 12.9. The van der Waals surface area contributed by atoms with Crippen molar-refractivity contribution in [2.75, 3.05) is 0 Å². The Bertz CT molecular complexity index is 5520. The van der Waals surface area contributed by atoms with Crippen LogP contribution in [0, 0.1) is 0 Å². The fraction of sp³-hybridized carbons (Fsp3) is 0.0769. The largest absolute Gasteiger partial charge is 0.452 e. The van der Waals surface area contributed by atoms with Gasteiger partial charge in [-0.2, -0.15) is 0 Å². The van der Waals surface area contributed by atoms with Gasteiger partial charge in [0, 0.05) is 119 Å². The van der Waals surface area contributed by atoms with Gasteiger partial charge in [0.05, 0.1) is 22.1 Å². The fourth-order valence-corrected chi connectivity index (χ4v) is 14.4. The van der Waals surface area contributed by atoms with Crippen molar-refractivity contribution in [3.63, 3.8) is 0 Å². The molecule has 7 aromatic heterocycles. The smallest absolute Gasteiger partial charge is 0.178 e. The minimum atomic E-state index is 0.281. The van der Waals surface area contributed by atoms with Gasteiger partial charge in [0.2, 0.25) is 0 Å². The Labute approximate surface area is 525 Å². The summed E-state index contributed by atoms with van der Waals surface area (Å²) >= 11 is 7.04.